The van der Waals surface area contributed by atoms with Crippen molar-refractivity contribution in [3.8, 4) is 0 Å². The smallest absolute Gasteiger partial charge is 0.354 e. The van der Waals surface area contributed by atoms with Crippen LogP contribution < -0.4 is 5.32 Å². The fourth-order valence-electron chi connectivity index (χ4n) is 1.89. The minimum absolute atomic E-state index is 0.119. The number of carbonyl (C=O) groups excluding carboxylic acids is 1. The number of rotatable bonds is 5. The van der Waals surface area contributed by atoms with Gasteiger partial charge in [-0.3, -0.25) is 9.48 Å². The Balaban J connectivity index is 2.23. The van der Waals surface area contributed by atoms with Crippen molar-refractivity contribution in [2.75, 3.05) is 5.32 Å². The summed E-state index contributed by atoms with van der Waals surface area (Å²) in [5, 5.41) is 15.9. The number of carboxylic acids is 1. The van der Waals surface area contributed by atoms with Crippen molar-refractivity contribution < 1.29 is 14.7 Å². The molecule has 21 heavy (non-hydrogen) atoms. The molecule has 2 aromatic rings. The fraction of sp³-hybridized carbons (Fsp3) is 0.286. The van der Waals surface area contributed by atoms with E-state index in [4.69, 9.17) is 5.11 Å². The van der Waals surface area contributed by atoms with Crippen LogP contribution in [0.25, 0.3) is 0 Å². The summed E-state index contributed by atoms with van der Waals surface area (Å²) >= 11 is 0. The fourth-order valence-corrected chi connectivity index (χ4v) is 1.89. The van der Waals surface area contributed by atoms with Gasteiger partial charge >= 0.3 is 5.97 Å². The lowest BCUT2D eigenvalue weighted by molar-refractivity contribution is 0.0690. The van der Waals surface area contributed by atoms with Crippen LogP contribution in [0.2, 0.25) is 0 Å². The minimum Gasteiger partial charge on any atom is -0.477 e. The summed E-state index contributed by atoms with van der Waals surface area (Å²) in [6.07, 6.45) is 2.08. The first-order valence-electron chi connectivity index (χ1n) is 6.62. The van der Waals surface area contributed by atoms with Crippen molar-refractivity contribution >= 4 is 17.6 Å². The van der Waals surface area contributed by atoms with E-state index in [1.54, 1.807) is 10.7 Å². The molecule has 0 spiro atoms. The van der Waals surface area contributed by atoms with Gasteiger partial charge in [0.15, 0.2) is 0 Å². The summed E-state index contributed by atoms with van der Waals surface area (Å²) < 4.78 is 1.62. The van der Waals surface area contributed by atoms with Crippen LogP contribution in [-0.4, -0.2) is 31.7 Å². The van der Waals surface area contributed by atoms with Gasteiger partial charge in [-0.05, 0) is 31.5 Å². The zero-order chi connectivity index (χ0) is 15.4. The maximum Gasteiger partial charge on any atom is 0.354 e. The number of aromatic carboxylic acids is 1. The van der Waals surface area contributed by atoms with Crippen molar-refractivity contribution in [3.63, 3.8) is 0 Å². The number of carbonyl (C=O) groups is 2. The minimum atomic E-state index is -1.14. The molecule has 7 nitrogen and oxygen atoms in total. The second-order valence-corrected chi connectivity index (χ2v) is 4.38. The molecule has 0 atom stereocenters. The van der Waals surface area contributed by atoms with Crippen LogP contribution in [0, 0.1) is 0 Å². The number of hydrogen-bond acceptors (Lipinski definition) is 4. The molecule has 7 heteroatoms. The zero-order valence-corrected chi connectivity index (χ0v) is 11.8. The topological polar surface area (TPSA) is 97.1 Å². The molecule has 0 unspecified atom stereocenters. The first kappa shape index (κ1) is 14.7. The summed E-state index contributed by atoms with van der Waals surface area (Å²) in [4.78, 5) is 26.8. The monoisotopic (exact) mass is 288 g/mol. The summed E-state index contributed by atoms with van der Waals surface area (Å²) in [6.45, 7) is 4.45. The van der Waals surface area contributed by atoms with Crippen LogP contribution in [-0.2, 0) is 13.0 Å². The van der Waals surface area contributed by atoms with Crippen molar-refractivity contribution in [1.29, 1.82) is 0 Å². The molecular weight excluding hydrogens is 272 g/mol. The Labute approximate surface area is 121 Å². The maximum absolute atomic E-state index is 12.3. The molecule has 0 aliphatic carbocycles. The molecule has 2 heterocycles. The number of nitrogens with zero attached hydrogens (tertiary/aromatic N) is 3. The van der Waals surface area contributed by atoms with E-state index in [1.807, 2.05) is 13.8 Å². The van der Waals surface area contributed by atoms with E-state index in [-0.39, 0.29) is 11.6 Å². The number of hydrogen-bond donors (Lipinski definition) is 2. The second-order valence-electron chi connectivity index (χ2n) is 4.38. The molecule has 110 valence electrons. The average Bonchev–Trinajstić information content (AvgIpc) is 2.91. The van der Waals surface area contributed by atoms with E-state index in [2.05, 4.69) is 15.4 Å². The highest BCUT2D eigenvalue weighted by Gasteiger charge is 2.15. The molecule has 1 amide bonds. The Kier molecular flexibility index (Phi) is 4.32. The van der Waals surface area contributed by atoms with Gasteiger partial charge in [-0.15, -0.1) is 0 Å². The van der Waals surface area contributed by atoms with Crippen molar-refractivity contribution in [1.82, 2.24) is 14.8 Å². The Morgan fingerprint density at radius 1 is 1.33 bits per heavy atom. The van der Waals surface area contributed by atoms with E-state index in [1.165, 1.54) is 18.3 Å². The van der Waals surface area contributed by atoms with Gasteiger partial charge in [0.1, 0.15) is 11.4 Å². The number of anilines is 1. The normalized spacial score (nSPS) is 10.4. The van der Waals surface area contributed by atoms with Crippen molar-refractivity contribution in [2.45, 2.75) is 26.8 Å². The molecule has 0 aliphatic heterocycles. The first-order valence-corrected chi connectivity index (χ1v) is 6.62. The van der Waals surface area contributed by atoms with Gasteiger partial charge in [-0.25, -0.2) is 9.78 Å². The highest BCUT2D eigenvalue weighted by molar-refractivity contribution is 6.03. The van der Waals surface area contributed by atoms with Gasteiger partial charge < -0.3 is 10.4 Å². The molecule has 0 aromatic carbocycles. The Bertz CT molecular complexity index is 679. The highest BCUT2D eigenvalue weighted by Crippen LogP contribution is 2.12. The third-order valence-corrected chi connectivity index (χ3v) is 2.96. The molecular formula is C14H16N4O3. The van der Waals surface area contributed by atoms with Crippen LogP contribution in [0.15, 0.2) is 24.4 Å². The number of aryl methyl sites for hydroxylation is 2. The Morgan fingerprint density at radius 3 is 2.71 bits per heavy atom. The van der Waals surface area contributed by atoms with Crippen LogP contribution in [0.3, 0.4) is 0 Å². The molecule has 0 saturated carbocycles. The lowest BCUT2D eigenvalue weighted by Gasteiger charge is -2.06. The number of carboxylic acid groups (broad SMARTS) is 1. The van der Waals surface area contributed by atoms with Crippen molar-refractivity contribution in [2.24, 2.45) is 0 Å². The molecule has 0 fully saturated rings. The molecule has 0 aliphatic rings. The standard InChI is InChI=1S/C14H16N4O3/c1-3-9-8-12(18(4-2)17-9)13(19)16-10-5-6-15-11(7-10)14(20)21/h5-8H,3-4H2,1-2H3,(H,20,21)(H,15,16,19). The van der Waals surface area contributed by atoms with Crippen LogP contribution in [0.4, 0.5) is 5.69 Å². The zero-order valence-electron chi connectivity index (χ0n) is 11.8. The average molecular weight is 288 g/mol. The van der Waals surface area contributed by atoms with Crippen LogP contribution in [0.1, 0.15) is 40.5 Å². The van der Waals surface area contributed by atoms with E-state index >= 15 is 0 Å². The maximum atomic E-state index is 12.3. The lowest BCUT2D eigenvalue weighted by Crippen LogP contribution is -2.17. The van der Waals surface area contributed by atoms with Gasteiger partial charge in [-0.2, -0.15) is 5.10 Å². The first-order chi connectivity index (χ1) is 10.0. The quantitative estimate of drug-likeness (QED) is 0.874. The number of nitrogens with one attached hydrogen (secondary N) is 1. The number of amides is 1. The molecule has 0 saturated heterocycles. The molecule has 2 N–H and O–H groups in total. The SMILES string of the molecule is CCc1cc(C(=O)Nc2ccnc(C(=O)O)c2)n(CC)n1. The van der Waals surface area contributed by atoms with Gasteiger partial charge in [0.2, 0.25) is 0 Å². The number of aromatic nitrogens is 3. The summed E-state index contributed by atoms with van der Waals surface area (Å²) in [5.41, 5.74) is 1.55. The Morgan fingerprint density at radius 2 is 2.10 bits per heavy atom. The van der Waals surface area contributed by atoms with E-state index in [0.29, 0.717) is 17.9 Å². The molecule has 0 radical (unpaired) electrons. The summed E-state index contributed by atoms with van der Waals surface area (Å²) in [6, 6.07) is 4.59. The highest BCUT2D eigenvalue weighted by atomic mass is 16.4. The number of pyridine rings is 1. The van der Waals surface area contributed by atoms with E-state index in [0.717, 1.165) is 12.1 Å². The van der Waals surface area contributed by atoms with Crippen LogP contribution in [0.5, 0.6) is 0 Å². The van der Waals surface area contributed by atoms with Gasteiger partial charge in [0.05, 0.1) is 5.69 Å². The lowest BCUT2D eigenvalue weighted by atomic mass is 10.2. The van der Waals surface area contributed by atoms with E-state index < -0.39 is 5.97 Å². The molecule has 2 rings (SSSR count). The molecule has 2 aromatic heterocycles. The largest absolute Gasteiger partial charge is 0.477 e. The molecule has 0 bridgehead atoms. The van der Waals surface area contributed by atoms with E-state index in [9.17, 15) is 9.59 Å². The summed E-state index contributed by atoms with van der Waals surface area (Å²) in [5.74, 6) is -1.47. The van der Waals surface area contributed by atoms with Gasteiger partial charge in [0.25, 0.3) is 5.91 Å². The summed E-state index contributed by atoms with van der Waals surface area (Å²) in [7, 11) is 0. The predicted molar refractivity (Wildman–Crippen MR) is 76.4 cm³/mol. The van der Waals surface area contributed by atoms with Crippen LogP contribution >= 0.6 is 0 Å². The van der Waals surface area contributed by atoms with Crippen molar-refractivity contribution in [3.05, 3.63) is 41.5 Å². The Hall–Kier alpha value is -2.70. The second kappa shape index (κ2) is 6.17. The third-order valence-electron chi connectivity index (χ3n) is 2.96. The van der Waals surface area contributed by atoms with Gasteiger partial charge in [-0.1, -0.05) is 6.92 Å². The third kappa shape index (κ3) is 3.25. The van der Waals surface area contributed by atoms with Gasteiger partial charge in [0, 0.05) is 18.4 Å². The predicted octanol–water partition coefficient (Wildman–Crippen LogP) is 1.81.